The zero-order valence-electron chi connectivity index (χ0n) is 21.8. The number of nitro groups is 1. The van der Waals surface area contributed by atoms with E-state index in [-0.39, 0.29) is 22.6 Å². The van der Waals surface area contributed by atoms with Crippen molar-refractivity contribution in [2.45, 2.75) is 0 Å². The van der Waals surface area contributed by atoms with Crippen LogP contribution in [0.3, 0.4) is 0 Å². The summed E-state index contributed by atoms with van der Waals surface area (Å²) in [7, 11) is 0. The van der Waals surface area contributed by atoms with Gasteiger partial charge in [-0.05, 0) is 82.2 Å². The molecule has 4 rings (SSSR count). The molecule has 0 heterocycles. The van der Waals surface area contributed by atoms with Gasteiger partial charge in [-0.3, -0.25) is 19.7 Å². The molecule has 0 aliphatic rings. The standard InChI is InChI=1S/C30H19Br2ClN4O6/c31-22-14-21(28(26(32)16-22)43-27(38)13-6-18-4-9-23(33)10-5-18)17-34-36-30(40)20-2-1-3-24(15-20)35-29(39)19-7-11-25(12-8-19)37(41)42/h1-17H,(H,35,39)(H,36,40)/b13-6+,34-17?. The molecule has 0 atom stereocenters. The smallest absolute Gasteiger partial charge is 0.336 e. The highest BCUT2D eigenvalue weighted by Crippen LogP contribution is 2.32. The number of rotatable bonds is 9. The lowest BCUT2D eigenvalue weighted by molar-refractivity contribution is -0.384. The average Bonchev–Trinajstić information content (AvgIpc) is 2.98. The minimum absolute atomic E-state index is 0.137. The van der Waals surface area contributed by atoms with Crippen molar-refractivity contribution >= 4 is 84.9 Å². The number of nitrogens with one attached hydrogen (secondary N) is 2. The van der Waals surface area contributed by atoms with Gasteiger partial charge in [-0.25, -0.2) is 10.2 Å². The second kappa shape index (κ2) is 14.5. The van der Waals surface area contributed by atoms with E-state index in [2.05, 4.69) is 47.7 Å². The summed E-state index contributed by atoms with van der Waals surface area (Å²) in [6, 6.07) is 21.5. The highest BCUT2D eigenvalue weighted by atomic mass is 79.9. The summed E-state index contributed by atoms with van der Waals surface area (Å²) in [5.41, 5.74) is 4.16. The van der Waals surface area contributed by atoms with Gasteiger partial charge in [0.05, 0.1) is 15.6 Å². The van der Waals surface area contributed by atoms with Crippen molar-refractivity contribution in [3.05, 3.63) is 137 Å². The quantitative estimate of drug-likeness (QED) is 0.0460. The Bertz CT molecular complexity index is 1760. The Kier molecular flexibility index (Phi) is 10.5. The van der Waals surface area contributed by atoms with E-state index in [0.29, 0.717) is 25.2 Å². The van der Waals surface area contributed by atoms with Crippen molar-refractivity contribution < 1.29 is 24.0 Å². The number of carbonyl (C=O) groups is 3. The van der Waals surface area contributed by atoms with E-state index >= 15 is 0 Å². The topological polar surface area (TPSA) is 140 Å². The van der Waals surface area contributed by atoms with Crippen LogP contribution in [0.25, 0.3) is 6.08 Å². The maximum absolute atomic E-state index is 12.8. The summed E-state index contributed by atoms with van der Waals surface area (Å²) in [5, 5.41) is 18.0. The number of ether oxygens (including phenoxy) is 1. The van der Waals surface area contributed by atoms with Crippen molar-refractivity contribution in [1.82, 2.24) is 5.43 Å². The molecule has 0 bridgehead atoms. The van der Waals surface area contributed by atoms with Crippen molar-refractivity contribution in [2.24, 2.45) is 5.10 Å². The van der Waals surface area contributed by atoms with Crippen LogP contribution in [0.2, 0.25) is 5.02 Å². The lowest BCUT2D eigenvalue weighted by atomic mass is 10.1. The number of anilines is 1. The third kappa shape index (κ3) is 8.92. The van der Waals surface area contributed by atoms with Crippen LogP contribution in [0, 0.1) is 10.1 Å². The third-order valence-electron chi connectivity index (χ3n) is 5.61. The molecule has 0 fully saturated rings. The molecule has 0 aromatic heterocycles. The molecule has 43 heavy (non-hydrogen) atoms. The first-order valence-electron chi connectivity index (χ1n) is 12.2. The van der Waals surface area contributed by atoms with Gasteiger partial charge in [-0.2, -0.15) is 5.10 Å². The molecule has 0 saturated carbocycles. The summed E-state index contributed by atoms with van der Waals surface area (Å²) >= 11 is 12.7. The van der Waals surface area contributed by atoms with E-state index < -0.39 is 22.7 Å². The predicted molar refractivity (Wildman–Crippen MR) is 171 cm³/mol. The molecule has 0 radical (unpaired) electrons. The van der Waals surface area contributed by atoms with Crippen molar-refractivity contribution in [3.63, 3.8) is 0 Å². The molecular weight excluding hydrogens is 708 g/mol. The SMILES string of the molecule is O=C(/C=C/c1ccc(Cl)cc1)Oc1c(Br)cc(Br)cc1C=NNC(=O)c1cccc(NC(=O)c2ccc([N+](=O)[O-])cc2)c1. The number of hydrazone groups is 1. The molecule has 2 amide bonds. The summed E-state index contributed by atoms with van der Waals surface area (Å²) in [5.74, 6) is -1.52. The molecule has 4 aromatic rings. The number of benzene rings is 4. The second-order valence-electron chi connectivity index (χ2n) is 8.65. The Balaban J connectivity index is 1.42. The third-order valence-corrected chi connectivity index (χ3v) is 6.91. The molecular formula is C30H19Br2ClN4O6. The van der Waals surface area contributed by atoms with Crippen LogP contribution < -0.4 is 15.5 Å². The van der Waals surface area contributed by atoms with Gasteiger partial charge < -0.3 is 10.1 Å². The number of non-ortho nitro benzene ring substituents is 1. The van der Waals surface area contributed by atoms with Gasteiger partial charge >= 0.3 is 5.97 Å². The van der Waals surface area contributed by atoms with Crippen LogP contribution >= 0.6 is 43.5 Å². The molecule has 10 nitrogen and oxygen atoms in total. The predicted octanol–water partition coefficient (Wildman–Crippen LogP) is 7.41. The van der Waals surface area contributed by atoms with Crippen LogP contribution in [0.1, 0.15) is 31.8 Å². The van der Waals surface area contributed by atoms with E-state index in [1.54, 1.807) is 54.6 Å². The number of amides is 2. The molecule has 0 spiro atoms. The Morgan fingerprint density at radius 3 is 2.33 bits per heavy atom. The van der Waals surface area contributed by atoms with Crippen LogP contribution in [-0.2, 0) is 4.79 Å². The van der Waals surface area contributed by atoms with Crippen LogP contribution in [0.15, 0.2) is 105 Å². The van der Waals surface area contributed by atoms with Gasteiger partial charge in [0.2, 0.25) is 0 Å². The number of hydrogen-bond acceptors (Lipinski definition) is 7. The lowest BCUT2D eigenvalue weighted by Crippen LogP contribution is -2.18. The molecule has 0 saturated heterocycles. The number of halogens is 3. The van der Waals surface area contributed by atoms with Gasteiger partial charge in [-0.1, -0.05) is 45.7 Å². The van der Waals surface area contributed by atoms with Gasteiger partial charge in [0, 0.05) is 50.1 Å². The van der Waals surface area contributed by atoms with E-state index in [1.807, 2.05) is 0 Å². The zero-order chi connectivity index (χ0) is 30.9. The molecule has 2 N–H and O–H groups in total. The van der Waals surface area contributed by atoms with Gasteiger partial charge in [0.15, 0.2) is 5.75 Å². The number of carbonyl (C=O) groups excluding carboxylic acids is 3. The molecule has 0 aliphatic heterocycles. The van der Waals surface area contributed by atoms with Crippen LogP contribution in [-0.4, -0.2) is 28.9 Å². The Morgan fingerprint density at radius 2 is 1.63 bits per heavy atom. The fourth-order valence-electron chi connectivity index (χ4n) is 3.56. The van der Waals surface area contributed by atoms with Crippen LogP contribution in [0.4, 0.5) is 11.4 Å². The highest BCUT2D eigenvalue weighted by Gasteiger charge is 2.14. The van der Waals surface area contributed by atoms with E-state index in [9.17, 15) is 24.5 Å². The van der Waals surface area contributed by atoms with E-state index in [1.165, 1.54) is 48.7 Å². The summed E-state index contributed by atoms with van der Waals surface area (Å²) in [6.07, 6.45) is 4.18. The molecule has 0 aliphatic carbocycles. The largest absolute Gasteiger partial charge is 0.421 e. The van der Waals surface area contributed by atoms with E-state index in [0.717, 1.165) is 5.56 Å². The average molecular weight is 727 g/mol. The Hall–Kier alpha value is -4.65. The summed E-state index contributed by atoms with van der Waals surface area (Å²) in [6.45, 7) is 0. The molecule has 0 unspecified atom stereocenters. The number of esters is 1. The Morgan fingerprint density at radius 1 is 0.907 bits per heavy atom. The maximum atomic E-state index is 12.8. The minimum Gasteiger partial charge on any atom is -0.421 e. The van der Waals surface area contributed by atoms with Crippen molar-refractivity contribution in [1.29, 1.82) is 0 Å². The van der Waals surface area contributed by atoms with Crippen molar-refractivity contribution in [3.8, 4) is 5.75 Å². The number of nitro benzene ring substituents is 1. The highest BCUT2D eigenvalue weighted by molar-refractivity contribution is 9.11. The molecule has 4 aromatic carbocycles. The normalized spacial score (nSPS) is 11.0. The number of hydrogen-bond donors (Lipinski definition) is 2. The monoisotopic (exact) mass is 724 g/mol. The Labute approximate surface area is 266 Å². The minimum atomic E-state index is -0.635. The molecule has 216 valence electrons. The zero-order valence-corrected chi connectivity index (χ0v) is 25.7. The number of nitrogens with zero attached hydrogens (tertiary/aromatic N) is 2. The fourth-order valence-corrected chi connectivity index (χ4v) is 5.02. The van der Waals surface area contributed by atoms with Gasteiger partial charge in [0.25, 0.3) is 17.5 Å². The van der Waals surface area contributed by atoms with Crippen LogP contribution in [0.5, 0.6) is 5.75 Å². The summed E-state index contributed by atoms with van der Waals surface area (Å²) in [4.78, 5) is 48.1. The lowest BCUT2D eigenvalue weighted by Gasteiger charge is -2.09. The first-order chi connectivity index (χ1) is 20.6. The van der Waals surface area contributed by atoms with Gasteiger partial charge in [0.1, 0.15) is 0 Å². The maximum Gasteiger partial charge on any atom is 0.336 e. The second-order valence-corrected chi connectivity index (χ2v) is 10.9. The van der Waals surface area contributed by atoms with E-state index in [4.69, 9.17) is 16.3 Å². The molecule has 13 heteroatoms. The fraction of sp³-hybridized carbons (Fsp3) is 0. The van der Waals surface area contributed by atoms with Crippen molar-refractivity contribution in [2.75, 3.05) is 5.32 Å². The first-order valence-corrected chi connectivity index (χ1v) is 14.2. The van der Waals surface area contributed by atoms with Gasteiger partial charge in [-0.15, -0.1) is 0 Å². The first kappa shape index (κ1) is 31.3. The summed E-state index contributed by atoms with van der Waals surface area (Å²) < 4.78 is 6.67.